The molecular weight excluding hydrogens is 184 g/mol. The van der Waals surface area contributed by atoms with E-state index in [1.165, 1.54) is 51.7 Å². The van der Waals surface area contributed by atoms with Crippen LogP contribution >= 0.6 is 0 Å². The molecule has 2 heteroatoms. The first-order valence-corrected chi connectivity index (χ1v) is 6.66. The molecule has 0 radical (unpaired) electrons. The van der Waals surface area contributed by atoms with E-state index in [-0.39, 0.29) is 0 Å². The Morgan fingerprint density at radius 2 is 1.87 bits per heavy atom. The molecule has 1 aliphatic carbocycles. The summed E-state index contributed by atoms with van der Waals surface area (Å²) in [5.41, 5.74) is 0. The summed E-state index contributed by atoms with van der Waals surface area (Å²) in [6.45, 7) is 6.20. The van der Waals surface area contributed by atoms with E-state index in [2.05, 4.69) is 24.2 Å². The van der Waals surface area contributed by atoms with Gasteiger partial charge in [-0.1, -0.05) is 6.92 Å². The van der Waals surface area contributed by atoms with Gasteiger partial charge in [0.2, 0.25) is 0 Å². The van der Waals surface area contributed by atoms with Crippen LogP contribution in [0.5, 0.6) is 0 Å². The molecule has 1 N–H and O–H groups in total. The van der Waals surface area contributed by atoms with Crippen LogP contribution in [0, 0.1) is 11.8 Å². The van der Waals surface area contributed by atoms with E-state index in [1.54, 1.807) is 0 Å². The third-order valence-corrected chi connectivity index (χ3v) is 4.30. The molecule has 2 nitrogen and oxygen atoms in total. The van der Waals surface area contributed by atoms with Crippen LogP contribution in [0.4, 0.5) is 0 Å². The monoisotopic (exact) mass is 210 g/mol. The molecule has 88 valence electrons. The normalized spacial score (nSPS) is 33.8. The highest BCUT2D eigenvalue weighted by molar-refractivity contribution is 4.81. The van der Waals surface area contributed by atoms with E-state index >= 15 is 0 Å². The van der Waals surface area contributed by atoms with Crippen molar-refractivity contribution in [3.8, 4) is 0 Å². The predicted molar refractivity (Wildman–Crippen MR) is 65.0 cm³/mol. The van der Waals surface area contributed by atoms with Gasteiger partial charge in [0.1, 0.15) is 0 Å². The first kappa shape index (κ1) is 11.4. The summed E-state index contributed by atoms with van der Waals surface area (Å²) in [6.07, 6.45) is 7.07. The molecule has 0 unspecified atom stereocenters. The minimum Gasteiger partial charge on any atom is -0.317 e. The summed E-state index contributed by atoms with van der Waals surface area (Å²) in [5, 5.41) is 3.45. The van der Waals surface area contributed by atoms with Crippen molar-refractivity contribution in [2.75, 3.05) is 26.7 Å². The molecule has 0 amide bonds. The van der Waals surface area contributed by atoms with Gasteiger partial charge in [0, 0.05) is 12.6 Å². The van der Waals surface area contributed by atoms with Crippen LogP contribution in [0.1, 0.15) is 39.0 Å². The first-order valence-electron chi connectivity index (χ1n) is 6.66. The van der Waals surface area contributed by atoms with Crippen molar-refractivity contribution < 1.29 is 0 Å². The average molecular weight is 210 g/mol. The Balaban J connectivity index is 1.73. The lowest BCUT2D eigenvalue weighted by Gasteiger charge is -2.31. The third-order valence-electron chi connectivity index (χ3n) is 4.30. The smallest absolute Gasteiger partial charge is 0.00949 e. The Hall–Kier alpha value is -0.0800. The zero-order chi connectivity index (χ0) is 10.7. The van der Waals surface area contributed by atoms with Gasteiger partial charge in [0.05, 0.1) is 0 Å². The van der Waals surface area contributed by atoms with Gasteiger partial charge in [-0.25, -0.2) is 0 Å². The second kappa shape index (κ2) is 5.31. The van der Waals surface area contributed by atoms with Gasteiger partial charge in [0.15, 0.2) is 0 Å². The van der Waals surface area contributed by atoms with Gasteiger partial charge in [-0.05, 0) is 64.1 Å². The van der Waals surface area contributed by atoms with Crippen LogP contribution in [0.15, 0.2) is 0 Å². The number of nitrogens with one attached hydrogen (secondary N) is 1. The molecule has 0 aromatic carbocycles. The molecule has 2 atom stereocenters. The van der Waals surface area contributed by atoms with Crippen molar-refractivity contribution in [1.29, 1.82) is 0 Å². The number of hydrogen-bond donors (Lipinski definition) is 1. The Morgan fingerprint density at radius 3 is 2.47 bits per heavy atom. The number of rotatable bonds is 3. The molecule has 0 aromatic rings. The van der Waals surface area contributed by atoms with Crippen LogP contribution < -0.4 is 5.32 Å². The minimum atomic E-state index is 0.884. The average Bonchev–Trinajstić information content (AvgIpc) is 2.66. The first-order chi connectivity index (χ1) is 7.25. The maximum absolute atomic E-state index is 3.45. The van der Waals surface area contributed by atoms with Crippen molar-refractivity contribution in [3.05, 3.63) is 0 Å². The Bertz CT molecular complexity index is 187. The molecule has 1 heterocycles. The van der Waals surface area contributed by atoms with E-state index in [4.69, 9.17) is 0 Å². The zero-order valence-electron chi connectivity index (χ0n) is 10.3. The minimum absolute atomic E-state index is 0.884. The van der Waals surface area contributed by atoms with Gasteiger partial charge in [0.25, 0.3) is 0 Å². The molecule has 2 rings (SSSR count). The highest BCUT2D eigenvalue weighted by Crippen LogP contribution is 2.29. The summed E-state index contributed by atoms with van der Waals surface area (Å²) in [6, 6.07) is 0.884. The molecule has 1 aliphatic heterocycles. The highest BCUT2D eigenvalue weighted by atomic mass is 15.1. The Kier molecular flexibility index (Phi) is 4.04. The van der Waals surface area contributed by atoms with Crippen LogP contribution in [0.25, 0.3) is 0 Å². The summed E-state index contributed by atoms with van der Waals surface area (Å²) in [5.74, 6) is 1.91. The van der Waals surface area contributed by atoms with Crippen molar-refractivity contribution >= 4 is 0 Å². The maximum Gasteiger partial charge on any atom is 0.00949 e. The Labute approximate surface area is 94.4 Å². The lowest BCUT2D eigenvalue weighted by atomic mass is 9.97. The quantitative estimate of drug-likeness (QED) is 0.767. The van der Waals surface area contributed by atoms with E-state index in [9.17, 15) is 0 Å². The van der Waals surface area contributed by atoms with Gasteiger partial charge < -0.3 is 10.2 Å². The SMILES string of the molecule is C[C@@H]1CC[C@@H](N(C)CC2CCNCC2)C1. The fourth-order valence-corrected chi connectivity index (χ4v) is 3.20. The molecule has 1 saturated heterocycles. The molecule has 2 fully saturated rings. The molecule has 1 saturated carbocycles. The lowest BCUT2D eigenvalue weighted by molar-refractivity contribution is 0.185. The predicted octanol–water partition coefficient (Wildman–Crippen LogP) is 2.11. The third kappa shape index (κ3) is 3.18. The number of hydrogen-bond acceptors (Lipinski definition) is 2. The van der Waals surface area contributed by atoms with Crippen molar-refractivity contribution in [2.45, 2.75) is 45.1 Å². The van der Waals surface area contributed by atoms with Gasteiger partial charge in [-0.15, -0.1) is 0 Å². The summed E-state index contributed by atoms with van der Waals surface area (Å²) >= 11 is 0. The number of piperidine rings is 1. The zero-order valence-corrected chi connectivity index (χ0v) is 10.3. The molecule has 0 spiro atoms. The fraction of sp³-hybridized carbons (Fsp3) is 1.00. The van der Waals surface area contributed by atoms with Gasteiger partial charge in [-0.3, -0.25) is 0 Å². The van der Waals surface area contributed by atoms with Crippen LogP contribution in [-0.2, 0) is 0 Å². The summed E-state index contributed by atoms with van der Waals surface area (Å²) in [4.78, 5) is 2.64. The van der Waals surface area contributed by atoms with Crippen molar-refractivity contribution in [2.24, 2.45) is 11.8 Å². The topological polar surface area (TPSA) is 15.3 Å². The second-order valence-electron chi connectivity index (χ2n) is 5.70. The van der Waals surface area contributed by atoms with E-state index in [0.29, 0.717) is 0 Å². The summed E-state index contributed by atoms with van der Waals surface area (Å²) < 4.78 is 0. The maximum atomic E-state index is 3.45. The fourth-order valence-electron chi connectivity index (χ4n) is 3.20. The highest BCUT2D eigenvalue weighted by Gasteiger charge is 2.26. The van der Waals surface area contributed by atoms with Crippen LogP contribution in [0.2, 0.25) is 0 Å². The second-order valence-corrected chi connectivity index (χ2v) is 5.70. The van der Waals surface area contributed by atoms with E-state index in [1.807, 2.05) is 0 Å². The molecule has 15 heavy (non-hydrogen) atoms. The Morgan fingerprint density at radius 1 is 1.13 bits per heavy atom. The van der Waals surface area contributed by atoms with Crippen molar-refractivity contribution in [1.82, 2.24) is 10.2 Å². The van der Waals surface area contributed by atoms with Crippen LogP contribution in [-0.4, -0.2) is 37.6 Å². The van der Waals surface area contributed by atoms with E-state index in [0.717, 1.165) is 17.9 Å². The van der Waals surface area contributed by atoms with Crippen molar-refractivity contribution in [3.63, 3.8) is 0 Å². The summed E-state index contributed by atoms with van der Waals surface area (Å²) in [7, 11) is 2.34. The van der Waals surface area contributed by atoms with Crippen LogP contribution in [0.3, 0.4) is 0 Å². The largest absolute Gasteiger partial charge is 0.317 e. The van der Waals surface area contributed by atoms with Gasteiger partial charge in [-0.2, -0.15) is 0 Å². The van der Waals surface area contributed by atoms with Gasteiger partial charge >= 0.3 is 0 Å². The molecular formula is C13H26N2. The molecule has 0 aromatic heterocycles. The van der Waals surface area contributed by atoms with E-state index < -0.39 is 0 Å². The molecule has 0 bridgehead atoms. The molecule has 2 aliphatic rings. The number of nitrogens with zero attached hydrogens (tertiary/aromatic N) is 1. The standard InChI is InChI=1S/C13H26N2/c1-11-3-4-13(9-11)15(2)10-12-5-7-14-8-6-12/h11-14H,3-10H2,1-2H3/t11-,13-/m1/s1. The lowest BCUT2D eigenvalue weighted by Crippen LogP contribution is -2.38.